The van der Waals surface area contributed by atoms with Crippen LogP contribution in [0.5, 0.6) is 0 Å². The van der Waals surface area contributed by atoms with Crippen LogP contribution in [0.15, 0.2) is 21.1 Å². The highest BCUT2D eigenvalue weighted by Gasteiger charge is 2.44. The maximum Gasteiger partial charge on any atom is 0.350 e. The fraction of sp³-hybridized carbons (Fsp3) is 0.333. The number of methoxy groups -OCH3 is 1. The average Bonchev–Trinajstić information content (AvgIpc) is 2.30. The minimum absolute atomic E-state index is 0.286. The molecule has 1 aromatic carbocycles. The van der Waals surface area contributed by atoms with E-state index < -0.39 is 17.5 Å². The Bertz CT molecular complexity index is 541. The molecule has 2 rings (SSSR count). The number of ether oxygens (including phenoxy) is 2. The number of fused-ring (bicyclic) bond motifs is 1. The number of carbonyl (C=O) groups excluding carboxylic acids is 2. The summed E-state index contributed by atoms with van der Waals surface area (Å²) >= 11 is 6.70. The lowest BCUT2D eigenvalue weighted by molar-refractivity contribution is -0.161. The number of carbonyl (C=O) groups is 2. The Kier molecular flexibility index (Phi) is 3.51. The van der Waals surface area contributed by atoms with Crippen LogP contribution in [-0.2, 0) is 20.7 Å². The van der Waals surface area contributed by atoms with Crippen molar-refractivity contribution in [3.8, 4) is 0 Å². The molecule has 4 nitrogen and oxygen atoms in total. The molecule has 0 amide bonds. The molecular formula is C12H10Br2O4. The number of rotatable bonds is 1. The second-order valence-electron chi connectivity index (χ2n) is 4.20. The van der Waals surface area contributed by atoms with Gasteiger partial charge in [-0.15, -0.1) is 0 Å². The topological polar surface area (TPSA) is 52.6 Å². The van der Waals surface area contributed by atoms with Gasteiger partial charge in [0.2, 0.25) is 5.60 Å². The molecule has 0 saturated heterocycles. The van der Waals surface area contributed by atoms with E-state index in [1.54, 1.807) is 13.0 Å². The largest absolute Gasteiger partial charge is 0.466 e. The standard InChI is InChI=1S/C12H10Br2O4/c1-12(11(16)17-2)5-8-7(10(15)18-12)3-6(13)4-9(8)14/h3-4H,5H2,1-2H3. The minimum atomic E-state index is -1.27. The molecular weight excluding hydrogens is 368 g/mol. The first-order valence-corrected chi connectivity index (χ1v) is 6.75. The highest BCUT2D eigenvalue weighted by Crippen LogP contribution is 2.35. The summed E-state index contributed by atoms with van der Waals surface area (Å²) in [6.45, 7) is 1.55. The molecule has 0 N–H and O–H groups in total. The lowest BCUT2D eigenvalue weighted by Gasteiger charge is -2.32. The molecule has 1 aromatic rings. The normalized spacial score (nSPS) is 22.1. The van der Waals surface area contributed by atoms with Crippen molar-refractivity contribution in [1.29, 1.82) is 0 Å². The van der Waals surface area contributed by atoms with Gasteiger partial charge in [-0.1, -0.05) is 31.9 Å². The summed E-state index contributed by atoms with van der Waals surface area (Å²) in [5.74, 6) is -1.08. The molecule has 0 aliphatic carbocycles. The van der Waals surface area contributed by atoms with E-state index in [0.717, 1.165) is 14.5 Å². The van der Waals surface area contributed by atoms with Crippen molar-refractivity contribution in [2.75, 3.05) is 7.11 Å². The Morgan fingerprint density at radius 3 is 2.72 bits per heavy atom. The van der Waals surface area contributed by atoms with Crippen molar-refractivity contribution in [3.05, 3.63) is 32.2 Å². The van der Waals surface area contributed by atoms with Crippen molar-refractivity contribution in [2.24, 2.45) is 0 Å². The van der Waals surface area contributed by atoms with Gasteiger partial charge >= 0.3 is 11.9 Å². The van der Waals surface area contributed by atoms with Gasteiger partial charge in [-0.3, -0.25) is 0 Å². The van der Waals surface area contributed by atoms with Crippen molar-refractivity contribution in [2.45, 2.75) is 18.9 Å². The quantitative estimate of drug-likeness (QED) is 0.706. The second kappa shape index (κ2) is 4.66. The van der Waals surface area contributed by atoms with E-state index in [-0.39, 0.29) is 6.42 Å². The summed E-state index contributed by atoms with van der Waals surface area (Å²) < 4.78 is 11.4. The molecule has 0 aromatic heterocycles. The smallest absolute Gasteiger partial charge is 0.350 e. The SMILES string of the molecule is COC(=O)C1(C)Cc2c(Br)cc(Br)cc2C(=O)O1. The third-order valence-corrected chi connectivity index (χ3v) is 3.99. The Morgan fingerprint density at radius 1 is 1.44 bits per heavy atom. The molecule has 0 bridgehead atoms. The van der Waals surface area contributed by atoms with Crippen LogP contribution in [0.4, 0.5) is 0 Å². The van der Waals surface area contributed by atoms with Crippen molar-refractivity contribution < 1.29 is 19.1 Å². The zero-order chi connectivity index (χ0) is 13.5. The molecule has 1 heterocycles. The molecule has 1 atom stereocenters. The number of benzene rings is 1. The highest BCUT2D eigenvalue weighted by molar-refractivity contribution is 9.11. The zero-order valence-corrected chi connectivity index (χ0v) is 12.9. The summed E-state index contributed by atoms with van der Waals surface area (Å²) in [6, 6.07) is 3.51. The van der Waals surface area contributed by atoms with Crippen LogP contribution in [-0.4, -0.2) is 24.6 Å². The summed E-state index contributed by atoms with van der Waals surface area (Å²) in [5.41, 5.74) is -0.0604. The van der Waals surface area contributed by atoms with Gasteiger partial charge in [-0.25, -0.2) is 9.59 Å². The van der Waals surface area contributed by atoms with Crippen molar-refractivity contribution in [1.82, 2.24) is 0 Å². The molecule has 1 unspecified atom stereocenters. The maximum atomic E-state index is 12.0. The summed E-state index contributed by atoms with van der Waals surface area (Å²) in [4.78, 5) is 23.7. The Morgan fingerprint density at radius 2 is 2.11 bits per heavy atom. The first-order valence-electron chi connectivity index (χ1n) is 5.17. The van der Waals surface area contributed by atoms with Crippen LogP contribution in [0.25, 0.3) is 0 Å². The Labute approximate surface area is 121 Å². The summed E-state index contributed by atoms with van der Waals surface area (Å²) in [6.07, 6.45) is 0.286. The average molecular weight is 378 g/mol. The summed E-state index contributed by atoms with van der Waals surface area (Å²) in [5, 5.41) is 0. The molecule has 0 fully saturated rings. The molecule has 0 saturated carbocycles. The predicted octanol–water partition coefficient (Wildman–Crippen LogP) is 2.86. The van der Waals surface area contributed by atoms with Gasteiger partial charge in [0, 0.05) is 15.4 Å². The number of hydrogen-bond donors (Lipinski definition) is 0. The number of halogens is 2. The predicted molar refractivity (Wildman–Crippen MR) is 71.4 cm³/mol. The van der Waals surface area contributed by atoms with E-state index in [1.165, 1.54) is 7.11 Å². The molecule has 96 valence electrons. The summed E-state index contributed by atoms with van der Waals surface area (Å²) in [7, 11) is 1.27. The van der Waals surface area contributed by atoms with Gasteiger partial charge in [-0.05, 0) is 24.6 Å². The van der Waals surface area contributed by atoms with Crippen LogP contribution in [0.3, 0.4) is 0 Å². The van der Waals surface area contributed by atoms with E-state index in [9.17, 15) is 9.59 Å². The first-order chi connectivity index (χ1) is 8.37. The molecule has 18 heavy (non-hydrogen) atoms. The van der Waals surface area contributed by atoms with Gasteiger partial charge in [-0.2, -0.15) is 0 Å². The highest BCUT2D eigenvalue weighted by atomic mass is 79.9. The lowest BCUT2D eigenvalue weighted by atomic mass is 9.90. The van der Waals surface area contributed by atoms with Crippen molar-refractivity contribution >= 4 is 43.8 Å². The second-order valence-corrected chi connectivity index (χ2v) is 5.97. The molecule has 0 radical (unpaired) electrons. The van der Waals surface area contributed by atoms with Gasteiger partial charge < -0.3 is 9.47 Å². The maximum absolute atomic E-state index is 12.0. The fourth-order valence-corrected chi connectivity index (χ4v) is 3.29. The van der Waals surface area contributed by atoms with E-state index >= 15 is 0 Å². The molecule has 0 spiro atoms. The minimum Gasteiger partial charge on any atom is -0.466 e. The first kappa shape index (κ1) is 13.5. The van der Waals surface area contributed by atoms with Crippen LogP contribution in [0.1, 0.15) is 22.8 Å². The van der Waals surface area contributed by atoms with Crippen molar-refractivity contribution in [3.63, 3.8) is 0 Å². The Hall–Kier alpha value is -0.880. The zero-order valence-electron chi connectivity index (χ0n) is 9.75. The number of cyclic esters (lactones) is 1. The number of hydrogen-bond acceptors (Lipinski definition) is 4. The van der Waals surface area contributed by atoms with Gasteiger partial charge in [0.25, 0.3) is 0 Å². The van der Waals surface area contributed by atoms with E-state index in [4.69, 9.17) is 4.74 Å². The third kappa shape index (κ3) is 2.19. The van der Waals surface area contributed by atoms with Gasteiger partial charge in [0.1, 0.15) is 0 Å². The van der Waals surface area contributed by atoms with Gasteiger partial charge in [0.05, 0.1) is 12.7 Å². The molecule has 1 aliphatic rings. The molecule has 6 heteroatoms. The van der Waals surface area contributed by atoms with Crippen LogP contribution < -0.4 is 0 Å². The van der Waals surface area contributed by atoms with Crippen LogP contribution in [0.2, 0.25) is 0 Å². The lowest BCUT2D eigenvalue weighted by Crippen LogP contribution is -2.46. The molecule has 1 aliphatic heterocycles. The Balaban J connectivity index is 2.52. The number of esters is 2. The van der Waals surface area contributed by atoms with E-state index in [1.807, 2.05) is 6.07 Å². The third-order valence-electron chi connectivity index (χ3n) is 2.83. The van der Waals surface area contributed by atoms with E-state index in [0.29, 0.717) is 5.56 Å². The monoisotopic (exact) mass is 376 g/mol. The van der Waals surface area contributed by atoms with E-state index in [2.05, 4.69) is 36.6 Å². The van der Waals surface area contributed by atoms with Crippen LogP contribution >= 0.6 is 31.9 Å². The van der Waals surface area contributed by atoms with Gasteiger partial charge in [0.15, 0.2) is 0 Å². The van der Waals surface area contributed by atoms with Crippen LogP contribution in [0, 0.1) is 0 Å². The fourth-order valence-electron chi connectivity index (χ4n) is 1.93.